The van der Waals surface area contributed by atoms with Crippen molar-refractivity contribution in [3.05, 3.63) is 112 Å². The minimum absolute atomic E-state index is 0.101. The lowest BCUT2D eigenvalue weighted by atomic mass is 9.88. The first-order valence-electron chi connectivity index (χ1n) is 18.5. The van der Waals surface area contributed by atoms with Gasteiger partial charge in [-0.1, -0.05) is 36.4 Å². The van der Waals surface area contributed by atoms with E-state index in [4.69, 9.17) is 23.9 Å². The fourth-order valence-electron chi connectivity index (χ4n) is 6.65. The number of nitrogens with one attached hydrogen (secondary N) is 2. The standard InChI is InChI=1S/C43H46N4O7/c1-43(2,3)54-42(50)47-21-9-12-30(24-47)32-22-34(44-39-33(32)23-35(41(49)46-39)45-40(48)29-10-6-5-7-11-29)38-36(52-25-27-15-16-27)13-8-14-37(38)53-26-28-17-19-31(51-4)20-18-28/h5-8,10-11,13-14,17-20,22-23,27,30H,9,12,15-16,21,24-26H2,1-4H3,(H,45,48)(H,44,46,49). The average molecular weight is 731 g/mol. The zero-order valence-corrected chi connectivity index (χ0v) is 31.1. The zero-order valence-electron chi connectivity index (χ0n) is 31.1. The molecular weight excluding hydrogens is 684 g/mol. The van der Waals surface area contributed by atoms with Crippen LogP contribution < -0.4 is 25.1 Å². The van der Waals surface area contributed by atoms with Crippen molar-refractivity contribution in [2.75, 3.05) is 32.1 Å². The van der Waals surface area contributed by atoms with Gasteiger partial charge in [0.15, 0.2) is 0 Å². The second kappa shape index (κ2) is 15.6. The van der Waals surface area contributed by atoms with Gasteiger partial charge in [-0.25, -0.2) is 9.78 Å². The van der Waals surface area contributed by atoms with Crippen molar-refractivity contribution in [1.82, 2.24) is 14.9 Å². The molecule has 5 aromatic rings. The second-order valence-corrected chi connectivity index (χ2v) is 15.0. The number of fused-ring (bicyclic) bond motifs is 1. The minimum atomic E-state index is -0.641. The zero-order chi connectivity index (χ0) is 37.8. The average Bonchev–Trinajstić information content (AvgIpc) is 4.01. The largest absolute Gasteiger partial charge is 0.497 e. The Kier molecular flexibility index (Phi) is 10.6. The number of rotatable bonds is 11. The Balaban J connectivity index is 1.32. The van der Waals surface area contributed by atoms with E-state index < -0.39 is 17.1 Å². The number of carbonyl (C=O) groups excluding carboxylic acids is 2. The molecule has 1 aliphatic heterocycles. The van der Waals surface area contributed by atoms with Crippen LogP contribution in [0.15, 0.2) is 89.7 Å². The molecule has 1 aliphatic carbocycles. The van der Waals surface area contributed by atoms with E-state index in [2.05, 4.69) is 10.3 Å². The van der Waals surface area contributed by atoms with Crippen LogP contribution in [0.4, 0.5) is 10.5 Å². The Hall–Kier alpha value is -5.84. The SMILES string of the molecule is COc1ccc(COc2cccc(OCC3CC3)c2-c2cc(C3CCCN(C(=O)OC(C)(C)C)C3)c3cc(NC(=O)c4ccccc4)c(=O)[nH]c3n2)cc1. The molecule has 1 unspecified atom stereocenters. The van der Waals surface area contributed by atoms with Crippen molar-refractivity contribution in [2.45, 2.75) is 64.6 Å². The highest BCUT2D eigenvalue weighted by molar-refractivity contribution is 6.05. The lowest BCUT2D eigenvalue weighted by Gasteiger charge is -2.34. The van der Waals surface area contributed by atoms with Crippen LogP contribution in [-0.2, 0) is 11.3 Å². The highest BCUT2D eigenvalue weighted by Crippen LogP contribution is 2.42. The molecule has 2 aliphatic rings. The van der Waals surface area contributed by atoms with Gasteiger partial charge in [0.1, 0.15) is 40.8 Å². The van der Waals surface area contributed by atoms with Gasteiger partial charge >= 0.3 is 6.09 Å². The molecule has 3 aromatic carbocycles. The van der Waals surface area contributed by atoms with Crippen LogP contribution in [0.3, 0.4) is 0 Å². The molecular formula is C43H46N4O7. The fourth-order valence-corrected chi connectivity index (χ4v) is 6.65. The number of pyridine rings is 2. The number of methoxy groups -OCH3 is 1. The Labute approximate surface area is 314 Å². The van der Waals surface area contributed by atoms with Gasteiger partial charge in [-0.3, -0.25) is 9.59 Å². The quantitative estimate of drug-likeness (QED) is 0.139. The Morgan fingerprint density at radius 2 is 1.67 bits per heavy atom. The molecule has 1 saturated carbocycles. The molecule has 280 valence electrons. The number of piperidine rings is 1. The first-order chi connectivity index (χ1) is 26.0. The van der Waals surface area contributed by atoms with Gasteiger partial charge < -0.3 is 34.1 Å². The van der Waals surface area contributed by atoms with Gasteiger partial charge in [0.05, 0.1) is 25.0 Å². The van der Waals surface area contributed by atoms with Crippen LogP contribution in [0, 0.1) is 5.92 Å². The monoisotopic (exact) mass is 730 g/mol. The van der Waals surface area contributed by atoms with Gasteiger partial charge in [0.25, 0.3) is 11.5 Å². The molecule has 54 heavy (non-hydrogen) atoms. The summed E-state index contributed by atoms with van der Waals surface area (Å²) in [6, 6.07) is 25.8. The van der Waals surface area contributed by atoms with E-state index in [1.807, 2.05) is 75.4 Å². The van der Waals surface area contributed by atoms with Crippen molar-refractivity contribution in [3.63, 3.8) is 0 Å². The molecule has 0 bridgehead atoms. The maximum Gasteiger partial charge on any atom is 0.410 e. The number of hydrogen-bond donors (Lipinski definition) is 2. The summed E-state index contributed by atoms with van der Waals surface area (Å²) in [5.74, 6) is 1.92. The summed E-state index contributed by atoms with van der Waals surface area (Å²) >= 11 is 0. The number of anilines is 1. The number of carbonyl (C=O) groups is 2. The lowest BCUT2D eigenvalue weighted by Crippen LogP contribution is -2.42. The van der Waals surface area contributed by atoms with Gasteiger partial charge in [-0.15, -0.1) is 0 Å². The Morgan fingerprint density at radius 3 is 2.37 bits per heavy atom. The van der Waals surface area contributed by atoms with E-state index in [1.54, 1.807) is 42.3 Å². The maximum atomic E-state index is 13.6. The molecule has 3 heterocycles. The van der Waals surface area contributed by atoms with E-state index in [-0.39, 0.29) is 24.3 Å². The predicted octanol–water partition coefficient (Wildman–Crippen LogP) is 8.33. The van der Waals surface area contributed by atoms with Crippen LogP contribution in [-0.4, -0.2) is 59.3 Å². The number of nitrogens with zero attached hydrogens (tertiary/aromatic N) is 2. The third-order valence-electron chi connectivity index (χ3n) is 9.62. The van der Waals surface area contributed by atoms with Crippen LogP contribution in [0.25, 0.3) is 22.3 Å². The van der Waals surface area contributed by atoms with E-state index in [1.165, 1.54) is 0 Å². The smallest absolute Gasteiger partial charge is 0.410 e. The predicted molar refractivity (Wildman–Crippen MR) is 208 cm³/mol. The first kappa shape index (κ1) is 36.5. The number of benzene rings is 3. The number of ether oxygens (including phenoxy) is 4. The van der Waals surface area contributed by atoms with Crippen molar-refractivity contribution in [3.8, 4) is 28.5 Å². The van der Waals surface area contributed by atoms with E-state index in [0.29, 0.717) is 65.0 Å². The summed E-state index contributed by atoms with van der Waals surface area (Å²) < 4.78 is 24.0. The number of amides is 2. The summed E-state index contributed by atoms with van der Waals surface area (Å²) in [7, 11) is 1.63. The number of hydrogen-bond acceptors (Lipinski definition) is 8. The topological polar surface area (TPSA) is 132 Å². The summed E-state index contributed by atoms with van der Waals surface area (Å²) in [5.41, 5.74) is 2.78. The molecule has 11 nitrogen and oxygen atoms in total. The number of likely N-dealkylation sites (tertiary alicyclic amines) is 1. The molecule has 1 atom stereocenters. The maximum absolute atomic E-state index is 13.6. The Morgan fingerprint density at radius 1 is 0.926 bits per heavy atom. The summed E-state index contributed by atoms with van der Waals surface area (Å²) in [4.78, 5) is 49.8. The third-order valence-corrected chi connectivity index (χ3v) is 9.62. The van der Waals surface area contributed by atoms with Crippen LogP contribution in [0.5, 0.6) is 17.2 Å². The van der Waals surface area contributed by atoms with Crippen LogP contribution >= 0.6 is 0 Å². The van der Waals surface area contributed by atoms with Gasteiger partial charge in [0, 0.05) is 30.0 Å². The van der Waals surface area contributed by atoms with Crippen LogP contribution in [0.2, 0.25) is 0 Å². The van der Waals surface area contributed by atoms with Crippen LogP contribution in [0.1, 0.15) is 73.9 Å². The molecule has 0 spiro atoms. The number of H-pyrrole nitrogens is 1. The van der Waals surface area contributed by atoms with Crippen molar-refractivity contribution < 1.29 is 28.5 Å². The van der Waals surface area contributed by atoms with E-state index in [9.17, 15) is 14.4 Å². The first-order valence-corrected chi connectivity index (χ1v) is 18.5. The Bertz CT molecular complexity index is 2190. The molecule has 1 saturated heterocycles. The molecule has 2 fully saturated rings. The minimum Gasteiger partial charge on any atom is -0.497 e. The van der Waals surface area contributed by atoms with Gasteiger partial charge in [-0.2, -0.15) is 0 Å². The second-order valence-electron chi connectivity index (χ2n) is 15.0. The van der Waals surface area contributed by atoms with E-state index >= 15 is 0 Å². The molecule has 11 heteroatoms. The number of aromatic amines is 1. The molecule has 7 rings (SSSR count). The van der Waals surface area contributed by atoms with Crippen molar-refractivity contribution >= 4 is 28.7 Å². The molecule has 2 aromatic heterocycles. The van der Waals surface area contributed by atoms with Crippen molar-refractivity contribution in [1.29, 1.82) is 0 Å². The third kappa shape index (κ3) is 8.68. The number of aromatic nitrogens is 2. The van der Waals surface area contributed by atoms with Gasteiger partial charge in [-0.05, 0) is 112 Å². The van der Waals surface area contributed by atoms with Gasteiger partial charge in [0.2, 0.25) is 0 Å². The fraction of sp³-hybridized carbons (Fsp3) is 0.349. The highest BCUT2D eigenvalue weighted by atomic mass is 16.6. The van der Waals surface area contributed by atoms with E-state index in [0.717, 1.165) is 42.6 Å². The summed E-state index contributed by atoms with van der Waals surface area (Å²) in [6.45, 7) is 7.40. The molecule has 2 N–H and O–H groups in total. The lowest BCUT2D eigenvalue weighted by molar-refractivity contribution is 0.0198. The summed E-state index contributed by atoms with van der Waals surface area (Å²) in [5, 5.41) is 3.46. The van der Waals surface area contributed by atoms with Crippen molar-refractivity contribution in [2.24, 2.45) is 5.92 Å². The normalized spacial score (nSPS) is 15.8. The highest BCUT2D eigenvalue weighted by Gasteiger charge is 2.31. The molecule has 0 radical (unpaired) electrons. The summed E-state index contributed by atoms with van der Waals surface area (Å²) in [6.07, 6.45) is 3.41. The molecule has 2 amide bonds.